The molecule has 0 unspecified atom stereocenters. The van der Waals surface area contributed by atoms with Crippen LogP contribution >= 0.6 is 0 Å². The van der Waals surface area contributed by atoms with Gasteiger partial charge >= 0.3 is 0 Å². The summed E-state index contributed by atoms with van der Waals surface area (Å²) < 4.78 is 0. The summed E-state index contributed by atoms with van der Waals surface area (Å²) in [6.07, 6.45) is 13.1. The van der Waals surface area contributed by atoms with Crippen LogP contribution in [0.1, 0.15) is 19.8 Å². The molecule has 1 aliphatic carbocycles. The Hall–Kier alpha value is -0.780. The van der Waals surface area contributed by atoms with E-state index in [-0.39, 0.29) is 0 Å². The Kier molecular flexibility index (Phi) is 2.32. The fraction of sp³-hybridized carbons (Fsp3) is 0.333. The third-order valence-electron chi connectivity index (χ3n) is 1.37. The van der Waals surface area contributed by atoms with Gasteiger partial charge in [0.1, 0.15) is 0 Å². The molecule has 1 rings (SSSR count). The summed E-state index contributed by atoms with van der Waals surface area (Å²) >= 11 is 0. The minimum absolute atomic E-state index is 1.12. The first-order chi connectivity index (χ1) is 4.43. The minimum atomic E-state index is 1.12. The molecule has 0 saturated heterocycles. The first-order valence-electron chi connectivity index (χ1n) is 3.45. The molecule has 0 aromatic heterocycles. The average molecular weight is 120 g/mol. The van der Waals surface area contributed by atoms with Gasteiger partial charge in [0, 0.05) is 0 Å². The second kappa shape index (κ2) is 3.29. The molecule has 0 heteroatoms. The van der Waals surface area contributed by atoms with Gasteiger partial charge in [-0.2, -0.15) is 0 Å². The van der Waals surface area contributed by atoms with Crippen LogP contribution in [0.4, 0.5) is 0 Å². The van der Waals surface area contributed by atoms with E-state index in [1.807, 2.05) is 0 Å². The highest BCUT2D eigenvalue weighted by Crippen LogP contribution is 2.11. The SMILES string of the molecule is CC/C=C/C1=CC=CC1. The van der Waals surface area contributed by atoms with Crippen molar-refractivity contribution in [1.82, 2.24) is 0 Å². The van der Waals surface area contributed by atoms with Gasteiger partial charge in [0.15, 0.2) is 0 Å². The maximum Gasteiger partial charge on any atom is -0.00944 e. The Morgan fingerprint density at radius 2 is 2.56 bits per heavy atom. The van der Waals surface area contributed by atoms with Gasteiger partial charge in [0.2, 0.25) is 0 Å². The van der Waals surface area contributed by atoms with Crippen molar-refractivity contribution in [2.75, 3.05) is 0 Å². The van der Waals surface area contributed by atoms with Crippen LogP contribution in [0.25, 0.3) is 0 Å². The lowest BCUT2D eigenvalue weighted by atomic mass is 10.2. The lowest BCUT2D eigenvalue weighted by Crippen LogP contribution is -1.67. The van der Waals surface area contributed by atoms with E-state index in [1.54, 1.807) is 0 Å². The van der Waals surface area contributed by atoms with E-state index in [2.05, 4.69) is 37.3 Å². The Morgan fingerprint density at radius 3 is 3.11 bits per heavy atom. The number of hydrogen-bond donors (Lipinski definition) is 0. The quantitative estimate of drug-likeness (QED) is 0.525. The predicted octanol–water partition coefficient (Wildman–Crippen LogP) is 2.84. The molecule has 0 fully saturated rings. The van der Waals surface area contributed by atoms with Gasteiger partial charge in [-0.25, -0.2) is 0 Å². The summed E-state index contributed by atoms with van der Waals surface area (Å²) in [6, 6.07) is 0. The lowest BCUT2D eigenvalue weighted by molar-refractivity contribution is 1.21. The average Bonchev–Trinajstić information content (AvgIpc) is 2.34. The molecular formula is C9H12. The zero-order chi connectivity index (χ0) is 6.53. The monoisotopic (exact) mass is 120 g/mol. The first kappa shape index (κ1) is 6.34. The molecule has 0 N–H and O–H groups in total. The standard InChI is InChI=1S/C9H12/c1-2-3-6-9-7-4-5-8-9/h3-7H,2,8H2,1H3/b6-3+. The lowest BCUT2D eigenvalue weighted by Gasteiger charge is -1.87. The highest BCUT2D eigenvalue weighted by Gasteiger charge is 1.90. The maximum atomic E-state index is 2.19. The van der Waals surface area contributed by atoms with Crippen LogP contribution in [0.3, 0.4) is 0 Å². The van der Waals surface area contributed by atoms with Gasteiger partial charge < -0.3 is 0 Å². The first-order valence-corrected chi connectivity index (χ1v) is 3.45. The van der Waals surface area contributed by atoms with Crippen LogP contribution in [-0.2, 0) is 0 Å². The highest BCUT2D eigenvalue weighted by molar-refractivity contribution is 5.31. The fourth-order valence-corrected chi connectivity index (χ4v) is 0.857. The second-order valence-electron chi connectivity index (χ2n) is 2.18. The van der Waals surface area contributed by atoms with Crippen LogP contribution in [0.5, 0.6) is 0 Å². The predicted molar refractivity (Wildman–Crippen MR) is 41.3 cm³/mol. The third-order valence-corrected chi connectivity index (χ3v) is 1.37. The Labute approximate surface area is 56.6 Å². The summed E-state index contributed by atoms with van der Waals surface area (Å²) in [4.78, 5) is 0. The molecule has 0 nitrogen and oxygen atoms in total. The van der Waals surface area contributed by atoms with Crippen LogP contribution in [0.2, 0.25) is 0 Å². The molecular weight excluding hydrogens is 108 g/mol. The molecule has 0 bridgehead atoms. The minimum Gasteiger partial charge on any atom is -0.0845 e. The van der Waals surface area contributed by atoms with Gasteiger partial charge in [0.05, 0.1) is 0 Å². The van der Waals surface area contributed by atoms with Crippen molar-refractivity contribution in [1.29, 1.82) is 0 Å². The zero-order valence-electron chi connectivity index (χ0n) is 5.80. The Bertz CT molecular complexity index is 159. The Balaban J connectivity index is 2.38. The maximum absolute atomic E-state index is 2.19. The summed E-state index contributed by atoms with van der Waals surface area (Å²) in [5.74, 6) is 0. The van der Waals surface area contributed by atoms with Gasteiger partial charge in [-0.3, -0.25) is 0 Å². The van der Waals surface area contributed by atoms with E-state index < -0.39 is 0 Å². The second-order valence-corrected chi connectivity index (χ2v) is 2.18. The van der Waals surface area contributed by atoms with Crippen molar-refractivity contribution in [3.63, 3.8) is 0 Å². The van der Waals surface area contributed by atoms with E-state index in [0.717, 1.165) is 12.8 Å². The van der Waals surface area contributed by atoms with Gasteiger partial charge in [0.25, 0.3) is 0 Å². The Morgan fingerprint density at radius 1 is 1.67 bits per heavy atom. The largest absolute Gasteiger partial charge is 0.0845 e. The van der Waals surface area contributed by atoms with Crippen molar-refractivity contribution in [2.45, 2.75) is 19.8 Å². The summed E-state index contributed by atoms with van der Waals surface area (Å²) in [6.45, 7) is 2.15. The molecule has 9 heavy (non-hydrogen) atoms. The van der Waals surface area contributed by atoms with E-state index in [9.17, 15) is 0 Å². The molecule has 0 aliphatic heterocycles. The van der Waals surface area contributed by atoms with Gasteiger partial charge in [-0.05, 0) is 18.4 Å². The molecule has 0 saturated carbocycles. The molecule has 0 spiro atoms. The highest BCUT2D eigenvalue weighted by atomic mass is 14.0. The number of hydrogen-bond acceptors (Lipinski definition) is 0. The molecule has 0 aromatic rings. The van der Waals surface area contributed by atoms with Crippen molar-refractivity contribution in [3.8, 4) is 0 Å². The molecule has 0 aromatic carbocycles. The molecule has 0 amide bonds. The van der Waals surface area contributed by atoms with E-state index in [0.29, 0.717) is 0 Å². The van der Waals surface area contributed by atoms with E-state index in [4.69, 9.17) is 0 Å². The van der Waals surface area contributed by atoms with Crippen LogP contribution in [-0.4, -0.2) is 0 Å². The van der Waals surface area contributed by atoms with Crippen molar-refractivity contribution in [2.24, 2.45) is 0 Å². The van der Waals surface area contributed by atoms with Gasteiger partial charge in [-0.15, -0.1) is 0 Å². The number of allylic oxidation sites excluding steroid dienone is 6. The van der Waals surface area contributed by atoms with Gasteiger partial charge in [-0.1, -0.05) is 37.3 Å². The molecule has 0 heterocycles. The van der Waals surface area contributed by atoms with Crippen molar-refractivity contribution < 1.29 is 0 Å². The van der Waals surface area contributed by atoms with Crippen LogP contribution in [0, 0.1) is 0 Å². The van der Waals surface area contributed by atoms with Crippen molar-refractivity contribution >= 4 is 0 Å². The zero-order valence-corrected chi connectivity index (χ0v) is 5.80. The van der Waals surface area contributed by atoms with E-state index in [1.165, 1.54) is 5.57 Å². The topological polar surface area (TPSA) is 0 Å². The van der Waals surface area contributed by atoms with Crippen LogP contribution in [0.15, 0.2) is 36.0 Å². The fourth-order valence-electron chi connectivity index (χ4n) is 0.857. The third kappa shape index (κ3) is 1.88. The van der Waals surface area contributed by atoms with E-state index >= 15 is 0 Å². The number of rotatable bonds is 2. The summed E-state index contributed by atoms with van der Waals surface area (Å²) in [7, 11) is 0. The molecule has 0 radical (unpaired) electrons. The smallest absolute Gasteiger partial charge is 0.00944 e. The molecule has 48 valence electrons. The molecule has 1 aliphatic rings. The summed E-state index contributed by atoms with van der Waals surface area (Å²) in [5.41, 5.74) is 1.43. The van der Waals surface area contributed by atoms with Crippen molar-refractivity contribution in [3.05, 3.63) is 36.0 Å². The van der Waals surface area contributed by atoms with Crippen LogP contribution < -0.4 is 0 Å². The molecule has 0 atom stereocenters. The summed E-state index contributed by atoms with van der Waals surface area (Å²) in [5, 5.41) is 0. The normalized spacial score (nSPS) is 17.2.